The summed E-state index contributed by atoms with van der Waals surface area (Å²) in [4.78, 5) is 35.5. The van der Waals surface area contributed by atoms with Gasteiger partial charge in [0, 0.05) is 74.1 Å². The predicted octanol–water partition coefficient (Wildman–Crippen LogP) is -3.55. The maximum atomic E-state index is 12.0. The first-order valence-electron chi connectivity index (χ1n) is 23.3. The lowest BCUT2D eigenvalue weighted by Crippen LogP contribution is -2.64. The number of rotatable bonds is 33. The summed E-state index contributed by atoms with van der Waals surface area (Å²) in [6.07, 6.45) is -10.3. The number of ether oxygens (including phenoxy) is 10. The highest BCUT2D eigenvalue weighted by atomic mass is 16.7. The van der Waals surface area contributed by atoms with Crippen LogP contribution in [0.5, 0.6) is 0 Å². The summed E-state index contributed by atoms with van der Waals surface area (Å²) in [5.41, 5.74) is 0. The van der Waals surface area contributed by atoms with E-state index in [4.69, 9.17) is 47.4 Å². The molecule has 0 radical (unpaired) electrons. The Morgan fingerprint density at radius 2 is 0.851 bits per heavy atom. The van der Waals surface area contributed by atoms with Crippen LogP contribution in [-0.2, 0) is 61.8 Å². The molecule has 392 valence electrons. The number of methoxy groups -OCH3 is 1. The fourth-order valence-electron chi connectivity index (χ4n) is 7.77. The van der Waals surface area contributed by atoms with Gasteiger partial charge >= 0.3 is 0 Å². The van der Waals surface area contributed by atoms with E-state index in [0.29, 0.717) is 52.1 Å². The van der Waals surface area contributed by atoms with Gasteiger partial charge in [0.05, 0.1) is 32.5 Å². The van der Waals surface area contributed by atoms with E-state index in [0.717, 1.165) is 25.7 Å². The zero-order valence-electron chi connectivity index (χ0n) is 39.3. The van der Waals surface area contributed by atoms with Crippen molar-refractivity contribution >= 4 is 17.7 Å². The molecule has 10 unspecified atom stereocenters. The molecule has 11 N–H and O–H groups in total. The molecule has 3 rings (SSSR count). The lowest BCUT2D eigenvalue weighted by Gasteiger charge is -2.43. The van der Waals surface area contributed by atoms with Gasteiger partial charge in [0.1, 0.15) is 73.1 Å². The van der Waals surface area contributed by atoms with Crippen LogP contribution in [0.15, 0.2) is 0 Å². The molecule has 3 amide bonds. The van der Waals surface area contributed by atoms with Gasteiger partial charge in [-0.05, 0) is 57.8 Å². The van der Waals surface area contributed by atoms with Gasteiger partial charge in [-0.1, -0.05) is 0 Å². The SMILES string of the molecule is COCCCCCO[C@@H]1OC(COC(CCOCCCOCCCCCO[C@@H]2OC(CO)[C@H](O)C(O)C2NC(C)=O)CCO[C@@H]2OC(CO)[C@H](O)C(O)C2NC(C)=O)[C@H](O)C(O)C1NC(C)=O. The highest BCUT2D eigenvalue weighted by Gasteiger charge is 2.48. The standard InChI is InChI=1S/C43H79N3O21/c1-25(49)44-32-38(55)35(52)29(22-47)65-41(32)61-19-10-6-8-15-59-16-11-17-60-20-12-28(13-21-63-43-33(45-26(2)50)39(56)36(53)30(23-48)66-43)64-24-31-37(54)40(57)34(46-27(3)51)42(67-31)62-18-9-5-7-14-58-4/h28-43,47-48,52-57H,5-24H2,1-4H3,(H,44,49)(H,45,50)(H,46,51)/t28?,29?,30?,31?,32?,33?,34?,35-,36-,37-,38?,39?,40?,41+,42+,43+/m0/s1. The first-order valence-corrected chi connectivity index (χ1v) is 23.3. The molecular weight excluding hydrogens is 894 g/mol. The number of unbranched alkanes of at least 4 members (excludes halogenated alkanes) is 4. The molecule has 0 saturated carbocycles. The molecule has 3 heterocycles. The number of hydrogen-bond donors (Lipinski definition) is 11. The molecule has 0 aromatic heterocycles. The summed E-state index contributed by atoms with van der Waals surface area (Å²) in [6, 6.07) is -3.19. The van der Waals surface area contributed by atoms with E-state index in [1.807, 2.05) is 0 Å². The predicted molar refractivity (Wildman–Crippen MR) is 232 cm³/mol. The maximum Gasteiger partial charge on any atom is 0.217 e. The summed E-state index contributed by atoms with van der Waals surface area (Å²) in [5, 5.41) is 90.6. The van der Waals surface area contributed by atoms with Crippen LogP contribution in [0.25, 0.3) is 0 Å². The Morgan fingerprint density at radius 3 is 1.30 bits per heavy atom. The molecule has 0 aromatic carbocycles. The first kappa shape index (κ1) is 59.0. The third kappa shape index (κ3) is 20.5. The number of aliphatic hydroxyl groups excluding tert-OH is 8. The van der Waals surface area contributed by atoms with Crippen LogP contribution in [0, 0.1) is 0 Å². The minimum Gasteiger partial charge on any atom is -0.394 e. The van der Waals surface area contributed by atoms with Crippen molar-refractivity contribution in [3.63, 3.8) is 0 Å². The number of nitrogens with one attached hydrogen (secondary N) is 3. The van der Waals surface area contributed by atoms with Crippen LogP contribution in [0.1, 0.15) is 78.6 Å². The lowest BCUT2D eigenvalue weighted by molar-refractivity contribution is -0.277. The molecule has 3 fully saturated rings. The van der Waals surface area contributed by atoms with E-state index in [-0.39, 0.29) is 39.5 Å². The Hall–Kier alpha value is -2.31. The van der Waals surface area contributed by atoms with Crippen molar-refractivity contribution in [2.75, 3.05) is 79.8 Å². The Bertz CT molecular complexity index is 1380. The van der Waals surface area contributed by atoms with Gasteiger partial charge in [0.25, 0.3) is 0 Å². The summed E-state index contributed by atoms with van der Waals surface area (Å²) < 4.78 is 57.9. The van der Waals surface area contributed by atoms with Crippen LogP contribution in [0.2, 0.25) is 0 Å². The van der Waals surface area contributed by atoms with Crippen LogP contribution >= 0.6 is 0 Å². The molecule has 67 heavy (non-hydrogen) atoms. The molecule has 0 bridgehead atoms. The summed E-state index contributed by atoms with van der Waals surface area (Å²) in [6.45, 7) is 5.05. The van der Waals surface area contributed by atoms with Gasteiger partial charge in [-0.3, -0.25) is 14.4 Å². The van der Waals surface area contributed by atoms with E-state index in [2.05, 4.69) is 16.0 Å². The van der Waals surface area contributed by atoms with Gasteiger partial charge in [0.2, 0.25) is 17.7 Å². The molecule has 24 heteroatoms. The Kier molecular flexibility index (Phi) is 28.7. The maximum absolute atomic E-state index is 12.0. The second kappa shape index (κ2) is 32.6. The molecule has 0 spiro atoms. The smallest absolute Gasteiger partial charge is 0.217 e. The van der Waals surface area contributed by atoms with Gasteiger partial charge in [-0.25, -0.2) is 0 Å². The Balaban J connectivity index is 1.48. The highest BCUT2D eigenvalue weighted by Crippen LogP contribution is 2.26. The van der Waals surface area contributed by atoms with Crippen LogP contribution < -0.4 is 16.0 Å². The van der Waals surface area contributed by atoms with Crippen LogP contribution in [0.3, 0.4) is 0 Å². The number of hydrogen-bond acceptors (Lipinski definition) is 21. The topological polar surface area (TPSA) is 341 Å². The number of aliphatic hydroxyl groups is 8. The lowest BCUT2D eigenvalue weighted by atomic mass is 9.96. The quantitative estimate of drug-likeness (QED) is 0.0284. The van der Waals surface area contributed by atoms with Crippen molar-refractivity contribution in [1.29, 1.82) is 0 Å². The molecule has 0 aromatic rings. The molecule has 3 aliphatic rings. The summed E-state index contributed by atoms with van der Waals surface area (Å²) in [7, 11) is 1.62. The molecule has 3 aliphatic heterocycles. The second-order valence-electron chi connectivity index (χ2n) is 17.0. The van der Waals surface area contributed by atoms with E-state index in [1.54, 1.807) is 7.11 Å². The molecule has 24 nitrogen and oxygen atoms in total. The van der Waals surface area contributed by atoms with Crippen molar-refractivity contribution in [3.8, 4) is 0 Å². The number of carbonyl (C=O) groups is 3. The molecule has 16 atom stereocenters. The highest BCUT2D eigenvalue weighted by molar-refractivity contribution is 5.74. The number of carbonyl (C=O) groups excluding carboxylic acids is 3. The third-order valence-corrected chi connectivity index (χ3v) is 11.4. The fraction of sp³-hybridized carbons (Fsp3) is 0.930. The normalized spacial score (nSPS) is 32.7. The van der Waals surface area contributed by atoms with Crippen LogP contribution in [-0.4, -0.2) is 236 Å². The average Bonchev–Trinajstić information content (AvgIpc) is 3.29. The fourth-order valence-corrected chi connectivity index (χ4v) is 7.77. The average molecular weight is 974 g/mol. The largest absolute Gasteiger partial charge is 0.394 e. The Morgan fingerprint density at radius 1 is 0.478 bits per heavy atom. The third-order valence-electron chi connectivity index (χ3n) is 11.4. The molecular formula is C43H79N3O21. The van der Waals surface area contributed by atoms with E-state index in [1.165, 1.54) is 20.8 Å². The first-order chi connectivity index (χ1) is 32.1. The molecule has 0 aliphatic carbocycles. The van der Waals surface area contributed by atoms with Gasteiger partial charge in [-0.2, -0.15) is 0 Å². The van der Waals surface area contributed by atoms with Crippen molar-refractivity contribution in [2.45, 2.75) is 177 Å². The van der Waals surface area contributed by atoms with Crippen molar-refractivity contribution < 1.29 is 103 Å². The van der Waals surface area contributed by atoms with E-state index >= 15 is 0 Å². The summed E-state index contributed by atoms with van der Waals surface area (Å²) in [5.74, 6) is -1.38. The van der Waals surface area contributed by atoms with Gasteiger partial charge in [-0.15, -0.1) is 0 Å². The number of amides is 3. The zero-order valence-corrected chi connectivity index (χ0v) is 39.3. The van der Waals surface area contributed by atoms with Gasteiger partial charge < -0.3 is 104 Å². The second-order valence-corrected chi connectivity index (χ2v) is 17.0. The molecule has 3 saturated heterocycles. The summed E-state index contributed by atoms with van der Waals surface area (Å²) >= 11 is 0. The zero-order chi connectivity index (χ0) is 49.3. The van der Waals surface area contributed by atoms with Crippen molar-refractivity contribution in [1.82, 2.24) is 16.0 Å². The van der Waals surface area contributed by atoms with E-state index < -0.39 is 129 Å². The van der Waals surface area contributed by atoms with Crippen LogP contribution in [0.4, 0.5) is 0 Å². The van der Waals surface area contributed by atoms with Gasteiger partial charge in [0.15, 0.2) is 18.9 Å². The Labute approximate surface area is 392 Å². The van der Waals surface area contributed by atoms with Crippen molar-refractivity contribution in [3.05, 3.63) is 0 Å². The monoisotopic (exact) mass is 974 g/mol. The minimum atomic E-state index is -1.49. The minimum absolute atomic E-state index is 0.0359. The van der Waals surface area contributed by atoms with E-state index in [9.17, 15) is 55.2 Å². The van der Waals surface area contributed by atoms with Crippen molar-refractivity contribution in [2.24, 2.45) is 0 Å².